The highest BCUT2D eigenvalue weighted by molar-refractivity contribution is 6.00. The number of hydrogen-bond donors (Lipinski definition) is 2. The largest absolute Gasteiger partial charge is 0.374 e. The van der Waals surface area contributed by atoms with Gasteiger partial charge in [0.25, 0.3) is 0 Å². The van der Waals surface area contributed by atoms with E-state index < -0.39 is 11.4 Å². The van der Waals surface area contributed by atoms with Crippen LogP contribution in [0.5, 0.6) is 0 Å². The molecule has 0 aliphatic carbocycles. The Balaban J connectivity index is 1.55. The van der Waals surface area contributed by atoms with Crippen molar-refractivity contribution in [2.45, 2.75) is 31.4 Å². The molecule has 5 nitrogen and oxygen atoms in total. The Labute approximate surface area is 157 Å². The molecule has 0 bridgehead atoms. The van der Waals surface area contributed by atoms with Crippen molar-refractivity contribution in [1.29, 1.82) is 0 Å². The van der Waals surface area contributed by atoms with Gasteiger partial charge >= 0.3 is 0 Å². The van der Waals surface area contributed by atoms with Crippen molar-refractivity contribution in [3.05, 3.63) is 71.5 Å². The molecule has 0 aromatic heterocycles. The molecular formula is C21H23FN2O3. The molecule has 0 radical (unpaired) electrons. The van der Waals surface area contributed by atoms with Crippen molar-refractivity contribution in [2.24, 2.45) is 0 Å². The van der Waals surface area contributed by atoms with Gasteiger partial charge in [0.15, 0.2) is 0 Å². The van der Waals surface area contributed by atoms with E-state index in [-0.39, 0.29) is 24.8 Å². The molecule has 0 saturated carbocycles. The first-order valence-electron chi connectivity index (χ1n) is 9.03. The van der Waals surface area contributed by atoms with E-state index in [9.17, 15) is 14.0 Å². The van der Waals surface area contributed by atoms with Gasteiger partial charge in [-0.3, -0.25) is 14.9 Å². The molecule has 2 aromatic carbocycles. The lowest BCUT2D eigenvalue weighted by Gasteiger charge is -2.27. The van der Waals surface area contributed by atoms with Crippen molar-refractivity contribution in [3.8, 4) is 0 Å². The quantitative estimate of drug-likeness (QED) is 0.785. The Bertz CT molecular complexity index is 772. The van der Waals surface area contributed by atoms with Crippen LogP contribution in [0.25, 0.3) is 0 Å². The Kier molecular flexibility index (Phi) is 6.32. The lowest BCUT2D eigenvalue weighted by molar-refractivity contribution is -0.135. The van der Waals surface area contributed by atoms with E-state index in [1.807, 2.05) is 30.3 Å². The Morgan fingerprint density at radius 3 is 2.48 bits per heavy atom. The smallest absolute Gasteiger partial charge is 0.249 e. The SMILES string of the molecule is O=C(Cc1ccc(F)cc1)NC(=O)C1(COCc2ccccc2)CCCN1. The molecular weight excluding hydrogens is 347 g/mol. The third kappa shape index (κ3) is 5.21. The molecule has 2 aromatic rings. The number of benzene rings is 2. The molecule has 1 saturated heterocycles. The van der Waals surface area contributed by atoms with Crippen LogP contribution < -0.4 is 10.6 Å². The van der Waals surface area contributed by atoms with E-state index in [4.69, 9.17) is 4.74 Å². The second kappa shape index (κ2) is 8.88. The number of imide groups is 1. The van der Waals surface area contributed by atoms with Crippen molar-refractivity contribution < 1.29 is 18.7 Å². The molecule has 1 heterocycles. The summed E-state index contributed by atoms with van der Waals surface area (Å²) in [4.78, 5) is 24.9. The van der Waals surface area contributed by atoms with Crippen molar-refractivity contribution in [1.82, 2.24) is 10.6 Å². The number of rotatable bonds is 7. The van der Waals surface area contributed by atoms with Crippen molar-refractivity contribution in [3.63, 3.8) is 0 Å². The fourth-order valence-corrected chi connectivity index (χ4v) is 3.18. The number of hydrogen-bond acceptors (Lipinski definition) is 4. The van der Waals surface area contributed by atoms with Crippen molar-refractivity contribution >= 4 is 11.8 Å². The zero-order chi connectivity index (χ0) is 19.1. The zero-order valence-corrected chi connectivity index (χ0v) is 15.0. The van der Waals surface area contributed by atoms with Crippen LogP contribution in [0.2, 0.25) is 0 Å². The van der Waals surface area contributed by atoms with Gasteiger partial charge in [0.2, 0.25) is 11.8 Å². The molecule has 2 N–H and O–H groups in total. The minimum Gasteiger partial charge on any atom is -0.374 e. The molecule has 1 aliphatic rings. The molecule has 2 amide bonds. The maximum atomic E-state index is 13.0. The highest BCUT2D eigenvalue weighted by Crippen LogP contribution is 2.21. The van der Waals surface area contributed by atoms with Gasteiger partial charge in [0.1, 0.15) is 11.4 Å². The Morgan fingerprint density at radius 1 is 1.07 bits per heavy atom. The van der Waals surface area contributed by atoms with Crippen LogP contribution >= 0.6 is 0 Å². The van der Waals surface area contributed by atoms with Gasteiger partial charge in [-0.05, 0) is 42.6 Å². The monoisotopic (exact) mass is 370 g/mol. The zero-order valence-electron chi connectivity index (χ0n) is 15.0. The predicted molar refractivity (Wildman–Crippen MR) is 99.3 cm³/mol. The number of carbonyl (C=O) groups is 2. The molecule has 1 aliphatic heterocycles. The second-order valence-electron chi connectivity index (χ2n) is 6.77. The lowest BCUT2D eigenvalue weighted by atomic mass is 9.97. The van der Waals surface area contributed by atoms with E-state index in [0.29, 0.717) is 25.1 Å². The van der Waals surface area contributed by atoms with Crippen LogP contribution in [0.1, 0.15) is 24.0 Å². The number of nitrogens with one attached hydrogen (secondary N) is 2. The molecule has 0 spiro atoms. The average molecular weight is 370 g/mol. The first kappa shape index (κ1) is 19.2. The van der Waals surface area contributed by atoms with Crippen LogP contribution in [0, 0.1) is 5.82 Å². The van der Waals surface area contributed by atoms with Gasteiger partial charge in [-0.15, -0.1) is 0 Å². The molecule has 142 valence electrons. The third-order valence-electron chi connectivity index (χ3n) is 4.67. The van der Waals surface area contributed by atoms with Gasteiger partial charge in [0.05, 0.1) is 19.6 Å². The molecule has 1 fully saturated rings. The fraction of sp³-hybridized carbons (Fsp3) is 0.333. The topological polar surface area (TPSA) is 67.4 Å². The van der Waals surface area contributed by atoms with Gasteiger partial charge < -0.3 is 10.1 Å². The Hall–Kier alpha value is -2.57. The van der Waals surface area contributed by atoms with E-state index in [1.165, 1.54) is 24.3 Å². The van der Waals surface area contributed by atoms with Gasteiger partial charge in [0, 0.05) is 0 Å². The van der Waals surface area contributed by atoms with E-state index >= 15 is 0 Å². The molecule has 27 heavy (non-hydrogen) atoms. The Morgan fingerprint density at radius 2 is 1.81 bits per heavy atom. The molecule has 6 heteroatoms. The summed E-state index contributed by atoms with van der Waals surface area (Å²) in [6.45, 7) is 1.30. The first-order chi connectivity index (χ1) is 13.1. The number of ether oxygens (including phenoxy) is 1. The van der Waals surface area contributed by atoms with E-state index in [1.54, 1.807) is 0 Å². The maximum Gasteiger partial charge on any atom is 0.249 e. The van der Waals surface area contributed by atoms with Crippen LogP contribution in [-0.4, -0.2) is 30.5 Å². The van der Waals surface area contributed by atoms with Crippen LogP contribution in [0.3, 0.4) is 0 Å². The fourth-order valence-electron chi connectivity index (χ4n) is 3.18. The number of halogens is 1. The lowest BCUT2D eigenvalue weighted by Crippen LogP contribution is -2.58. The van der Waals surface area contributed by atoms with Gasteiger partial charge in [-0.1, -0.05) is 42.5 Å². The summed E-state index contributed by atoms with van der Waals surface area (Å²) in [5.74, 6) is -1.15. The first-order valence-corrected chi connectivity index (χ1v) is 9.03. The average Bonchev–Trinajstić information content (AvgIpc) is 3.15. The third-order valence-corrected chi connectivity index (χ3v) is 4.67. The van der Waals surface area contributed by atoms with Crippen LogP contribution in [0.15, 0.2) is 54.6 Å². The summed E-state index contributed by atoms with van der Waals surface area (Å²) >= 11 is 0. The maximum absolute atomic E-state index is 13.0. The van der Waals surface area contributed by atoms with E-state index in [0.717, 1.165) is 12.0 Å². The minimum absolute atomic E-state index is 0.0208. The van der Waals surface area contributed by atoms with Crippen LogP contribution in [-0.2, 0) is 27.4 Å². The van der Waals surface area contributed by atoms with Gasteiger partial charge in [-0.25, -0.2) is 4.39 Å². The summed E-state index contributed by atoms with van der Waals surface area (Å²) in [5, 5.41) is 5.65. The standard InChI is InChI=1S/C21H23FN2O3/c22-18-9-7-16(8-10-18)13-19(25)24-20(26)21(11-4-12-23-21)15-27-14-17-5-2-1-3-6-17/h1-3,5-10,23H,4,11-15H2,(H,24,25,26). The number of carbonyl (C=O) groups excluding carboxylic acids is 2. The molecule has 1 unspecified atom stereocenters. The normalized spacial score (nSPS) is 19.0. The van der Waals surface area contributed by atoms with Crippen LogP contribution in [0.4, 0.5) is 4.39 Å². The summed E-state index contributed by atoms with van der Waals surface area (Å²) < 4.78 is 18.7. The van der Waals surface area contributed by atoms with Gasteiger partial charge in [-0.2, -0.15) is 0 Å². The summed E-state index contributed by atoms with van der Waals surface area (Å²) in [6, 6.07) is 15.4. The summed E-state index contributed by atoms with van der Waals surface area (Å²) in [6.07, 6.45) is 1.47. The number of amides is 2. The predicted octanol–water partition coefficient (Wildman–Crippen LogP) is 2.35. The summed E-state index contributed by atoms with van der Waals surface area (Å²) in [5.41, 5.74) is 0.779. The second-order valence-corrected chi connectivity index (χ2v) is 6.77. The highest BCUT2D eigenvalue weighted by atomic mass is 19.1. The molecule has 1 atom stereocenters. The van der Waals surface area contributed by atoms with Crippen molar-refractivity contribution in [2.75, 3.05) is 13.2 Å². The summed E-state index contributed by atoms with van der Waals surface area (Å²) in [7, 11) is 0. The van der Waals surface area contributed by atoms with E-state index in [2.05, 4.69) is 10.6 Å². The molecule has 3 rings (SSSR count). The minimum atomic E-state index is -0.896. The highest BCUT2D eigenvalue weighted by Gasteiger charge is 2.42.